The summed E-state index contributed by atoms with van der Waals surface area (Å²) < 4.78 is 1.68. The Hall–Kier alpha value is -1.06. The van der Waals surface area contributed by atoms with Gasteiger partial charge in [-0.25, -0.2) is 4.68 Å². The summed E-state index contributed by atoms with van der Waals surface area (Å²) in [7, 11) is 0. The molecule has 1 aromatic heterocycles. The molecule has 4 nitrogen and oxygen atoms in total. The molecule has 1 heterocycles. The Kier molecular flexibility index (Phi) is 4.29. The molecule has 1 rings (SSSR count). The van der Waals surface area contributed by atoms with Crippen molar-refractivity contribution in [3.05, 3.63) is 6.20 Å². The van der Waals surface area contributed by atoms with Crippen LogP contribution in [0.4, 0.5) is 0 Å². The first kappa shape index (κ1) is 10.0. The SMILES string of the molecule is CCCCCCCn1cc(O)nn1. The summed E-state index contributed by atoms with van der Waals surface area (Å²) in [5.41, 5.74) is 0. The Morgan fingerprint density at radius 2 is 2.08 bits per heavy atom. The summed E-state index contributed by atoms with van der Waals surface area (Å²) in [6.45, 7) is 3.06. The lowest BCUT2D eigenvalue weighted by molar-refractivity contribution is 0.452. The van der Waals surface area contributed by atoms with Crippen LogP contribution in [-0.2, 0) is 6.54 Å². The van der Waals surface area contributed by atoms with Crippen molar-refractivity contribution in [3.8, 4) is 5.88 Å². The maximum atomic E-state index is 8.90. The number of aromatic hydroxyl groups is 1. The van der Waals surface area contributed by atoms with E-state index in [1.807, 2.05) is 0 Å². The van der Waals surface area contributed by atoms with Crippen LogP contribution in [0, 0.1) is 0 Å². The van der Waals surface area contributed by atoms with Crippen molar-refractivity contribution in [1.29, 1.82) is 0 Å². The van der Waals surface area contributed by atoms with E-state index in [-0.39, 0.29) is 5.88 Å². The van der Waals surface area contributed by atoms with Gasteiger partial charge in [-0.1, -0.05) is 42.9 Å². The number of rotatable bonds is 6. The molecule has 0 fully saturated rings. The Labute approximate surface area is 78.6 Å². The minimum atomic E-state index is 0.00792. The first-order valence-corrected chi connectivity index (χ1v) is 4.92. The van der Waals surface area contributed by atoms with Crippen molar-refractivity contribution in [2.24, 2.45) is 0 Å². The number of nitrogens with zero attached hydrogens (tertiary/aromatic N) is 3. The molecular weight excluding hydrogens is 166 g/mol. The maximum absolute atomic E-state index is 8.90. The highest BCUT2D eigenvalue weighted by Gasteiger charge is 1.96. The number of aromatic nitrogens is 3. The minimum Gasteiger partial charge on any atom is -0.491 e. The van der Waals surface area contributed by atoms with Gasteiger partial charge in [0.1, 0.15) is 0 Å². The highest BCUT2D eigenvalue weighted by molar-refractivity contribution is 4.95. The molecular formula is C9H17N3O. The van der Waals surface area contributed by atoms with E-state index in [2.05, 4.69) is 17.2 Å². The van der Waals surface area contributed by atoms with E-state index < -0.39 is 0 Å². The first-order chi connectivity index (χ1) is 6.33. The summed E-state index contributed by atoms with van der Waals surface area (Å²) in [5, 5.41) is 16.1. The zero-order valence-electron chi connectivity index (χ0n) is 8.11. The predicted octanol–water partition coefficient (Wildman–Crippen LogP) is 1.95. The van der Waals surface area contributed by atoms with Crippen LogP contribution in [0.1, 0.15) is 39.0 Å². The second-order valence-corrected chi connectivity index (χ2v) is 3.25. The van der Waals surface area contributed by atoms with Crippen LogP contribution in [0.25, 0.3) is 0 Å². The van der Waals surface area contributed by atoms with Crippen molar-refractivity contribution >= 4 is 0 Å². The fourth-order valence-corrected chi connectivity index (χ4v) is 1.27. The van der Waals surface area contributed by atoms with E-state index in [1.165, 1.54) is 25.7 Å². The van der Waals surface area contributed by atoms with Crippen LogP contribution in [0.2, 0.25) is 0 Å². The molecule has 0 radical (unpaired) electrons. The van der Waals surface area contributed by atoms with Crippen LogP contribution in [0.15, 0.2) is 6.20 Å². The van der Waals surface area contributed by atoms with Crippen molar-refractivity contribution in [2.45, 2.75) is 45.6 Å². The largest absolute Gasteiger partial charge is 0.491 e. The second kappa shape index (κ2) is 5.56. The molecule has 0 unspecified atom stereocenters. The first-order valence-electron chi connectivity index (χ1n) is 4.92. The average molecular weight is 183 g/mol. The van der Waals surface area contributed by atoms with Gasteiger partial charge in [0.25, 0.3) is 5.88 Å². The zero-order valence-corrected chi connectivity index (χ0v) is 8.11. The molecule has 0 saturated carbocycles. The van der Waals surface area contributed by atoms with Crippen LogP contribution < -0.4 is 0 Å². The highest BCUT2D eigenvalue weighted by Crippen LogP contribution is 2.05. The smallest absolute Gasteiger partial charge is 0.251 e. The Morgan fingerprint density at radius 3 is 2.69 bits per heavy atom. The third-order valence-corrected chi connectivity index (χ3v) is 2.02. The van der Waals surface area contributed by atoms with Gasteiger partial charge in [0.15, 0.2) is 0 Å². The molecule has 74 valence electrons. The molecule has 0 amide bonds. The van der Waals surface area contributed by atoms with Crippen LogP contribution in [0.5, 0.6) is 5.88 Å². The lowest BCUT2D eigenvalue weighted by Crippen LogP contribution is -1.98. The summed E-state index contributed by atoms with van der Waals surface area (Å²) in [4.78, 5) is 0. The van der Waals surface area contributed by atoms with Gasteiger partial charge in [-0.05, 0) is 6.42 Å². The normalized spacial score (nSPS) is 10.5. The standard InChI is InChI=1S/C9H17N3O/c1-2-3-4-5-6-7-12-8-9(13)10-11-12/h8,13H,2-7H2,1H3. The molecule has 0 aliphatic carbocycles. The van der Waals surface area contributed by atoms with Gasteiger partial charge in [0, 0.05) is 6.54 Å². The molecule has 0 bridgehead atoms. The maximum Gasteiger partial charge on any atom is 0.251 e. The van der Waals surface area contributed by atoms with Crippen LogP contribution in [0.3, 0.4) is 0 Å². The predicted molar refractivity (Wildman–Crippen MR) is 50.4 cm³/mol. The van der Waals surface area contributed by atoms with Gasteiger partial charge >= 0.3 is 0 Å². The van der Waals surface area contributed by atoms with Gasteiger partial charge in [0.05, 0.1) is 6.20 Å². The Bertz CT molecular complexity index is 235. The van der Waals surface area contributed by atoms with Gasteiger partial charge < -0.3 is 5.11 Å². The molecule has 0 aromatic carbocycles. The van der Waals surface area contributed by atoms with Crippen LogP contribution in [-0.4, -0.2) is 20.1 Å². The number of aryl methyl sites for hydroxylation is 1. The highest BCUT2D eigenvalue weighted by atomic mass is 16.3. The van der Waals surface area contributed by atoms with Crippen molar-refractivity contribution < 1.29 is 5.11 Å². The van der Waals surface area contributed by atoms with Gasteiger partial charge in [-0.3, -0.25) is 0 Å². The third kappa shape index (κ3) is 3.92. The second-order valence-electron chi connectivity index (χ2n) is 3.25. The van der Waals surface area contributed by atoms with E-state index in [9.17, 15) is 0 Å². The number of hydrogen-bond donors (Lipinski definition) is 1. The summed E-state index contributed by atoms with van der Waals surface area (Å²) in [6.07, 6.45) is 7.76. The van der Waals surface area contributed by atoms with Crippen molar-refractivity contribution in [3.63, 3.8) is 0 Å². The fraction of sp³-hybridized carbons (Fsp3) is 0.778. The Morgan fingerprint density at radius 1 is 1.31 bits per heavy atom. The van der Waals surface area contributed by atoms with E-state index in [4.69, 9.17) is 5.11 Å². The van der Waals surface area contributed by atoms with Crippen molar-refractivity contribution in [2.75, 3.05) is 0 Å². The molecule has 0 spiro atoms. The van der Waals surface area contributed by atoms with Gasteiger partial charge in [0.2, 0.25) is 0 Å². The third-order valence-electron chi connectivity index (χ3n) is 2.02. The molecule has 1 aromatic rings. The molecule has 1 N–H and O–H groups in total. The zero-order chi connectivity index (χ0) is 9.52. The minimum absolute atomic E-state index is 0.00792. The number of hydrogen-bond acceptors (Lipinski definition) is 3. The van der Waals surface area contributed by atoms with Crippen molar-refractivity contribution in [1.82, 2.24) is 15.0 Å². The lowest BCUT2D eigenvalue weighted by Gasteiger charge is -1.99. The summed E-state index contributed by atoms with van der Waals surface area (Å²) >= 11 is 0. The molecule has 0 saturated heterocycles. The summed E-state index contributed by atoms with van der Waals surface area (Å²) in [5.74, 6) is 0.00792. The molecule has 0 atom stereocenters. The van der Waals surface area contributed by atoms with E-state index in [1.54, 1.807) is 10.9 Å². The van der Waals surface area contributed by atoms with Gasteiger partial charge in [-0.2, -0.15) is 0 Å². The lowest BCUT2D eigenvalue weighted by atomic mass is 10.1. The van der Waals surface area contributed by atoms with E-state index >= 15 is 0 Å². The number of unbranched alkanes of at least 4 members (excludes halogenated alkanes) is 4. The monoisotopic (exact) mass is 183 g/mol. The molecule has 0 aliphatic rings. The Balaban J connectivity index is 2.06. The van der Waals surface area contributed by atoms with Gasteiger partial charge in [-0.15, -0.1) is 0 Å². The average Bonchev–Trinajstić information content (AvgIpc) is 2.51. The molecule has 0 aliphatic heterocycles. The van der Waals surface area contributed by atoms with E-state index in [0.717, 1.165) is 13.0 Å². The quantitative estimate of drug-likeness (QED) is 0.686. The van der Waals surface area contributed by atoms with Crippen LogP contribution >= 0.6 is 0 Å². The molecule has 13 heavy (non-hydrogen) atoms. The molecule has 4 heteroatoms. The summed E-state index contributed by atoms with van der Waals surface area (Å²) in [6, 6.07) is 0. The topological polar surface area (TPSA) is 50.9 Å². The fourth-order valence-electron chi connectivity index (χ4n) is 1.27. The van der Waals surface area contributed by atoms with E-state index in [0.29, 0.717) is 0 Å².